The van der Waals surface area contributed by atoms with Crippen LogP contribution < -0.4 is 4.90 Å². The number of hydrogen-bond donors (Lipinski definition) is 1. The molecule has 0 aliphatic heterocycles. The summed E-state index contributed by atoms with van der Waals surface area (Å²) in [5, 5.41) is 9.13. The second kappa shape index (κ2) is 5.82. The summed E-state index contributed by atoms with van der Waals surface area (Å²) in [4.78, 5) is 23.7. The van der Waals surface area contributed by atoms with Gasteiger partial charge in [0, 0.05) is 0 Å². The Labute approximate surface area is 110 Å². The number of anilines is 1. The number of hydrogen-bond acceptors (Lipinski definition) is 2. The molecule has 0 saturated carbocycles. The van der Waals surface area contributed by atoms with E-state index in [4.69, 9.17) is 5.11 Å². The standard InChI is InChI=1S/C15H12NO3/c17-11-16(10-12-6-2-1-3-7-12)14-9-5-4-8-13(14)15(18)19/h2-9,11H,10H2,(H,18,19). The number of carbonyl (C=O) groups excluding carboxylic acids is 1. The van der Waals surface area contributed by atoms with E-state index >= 15 is 0 Å². The lowest BCUT2D eigenvalue weighted by atomic mass is 10.1. The Bertz CT molecular complexity index is 581. The molecule has 19 heavy (non-hydrogen) atoms. The monoisotopic (exact) mass is 254 g/mol. The van der Waals surface area contributed by atoms with Gasteiger partial charge in [-0.25, -0.2) is 4.79 Å². The Kier molecular flexibility index (Phi) is 3.93. The smallest absolute Gasteiger partial charge is 0.337 e. The van der Waals surface area contributed by atoms with Crippen LogP contribution in [0.15, 0.2) is 48.5 Å². The molecule has 0 atom stereocenters. The molecule has 0 unspecified atom stereocenters. The van der Waals surface area contributed by atoms with Crippen molar-refractivity contribution in [2.75, 3.05) is 4.90 Å². The van der Waals surface area contributed by atoms with E-state index in [0.29, 0.717) is 18.6 Å². The molecule has 0 aliphatic rings. The predicted octanol–water partition coefficient (Wildman–Crippen LogP) is 2.35. The minimum absolute atomic E-state index is 0.108. The number of carboxylic acids is 1. The summed E-state index contributed by atoms with van der Waals surface area (Å²) < 4.78 is 0. The van der Waals surface area contributed by atoms with Gasteiger partial charge in [0.2, 0.25) is 6.41 Å². The highest BCUT2D eigenvalue weighted by atomic mass is 16.4. The van der Waals surface area contributed by atoms with Crippen LogP contribution in [-0.4, -0.2) is 17.5 Å². The maximum atomic E-state index is 11.2. The molecule has 0 saturated heterocycles. The van der Waals surface area contributed by atoms with E-state index in [1.165, 1.54) is 11.0 Å². The maximum absolute atomic E-state index is 11.2. The molecule has 0 aliphatic carbocycles. The van der Waals surface area contributed by atoms with Crippen molar-refractivity contribution < 1.29 is 14.7 Å². The first-order valence-electron chi connectivity index (χ1n) is 5.71. The zero-order chi connectivity index (χ0) is 13.7. The second-order valence-corrected chi connectivity index (χ2v) is 3.96. The topological polar surface area (TPSA) is 57.6 Å². The molecular weight excluding hydrogens is 242 g/mol. The van der Waals surface area contributed by atoms with E-state index in [2.05, 4.69) is 6.07 Å². The third kappa shape index (κ3) is 2.98. The second-order valence-electron chi connectivity index (χ2n) is 3.96. The van der Waals surface area contributed by atoms with Gasteiger partial charge in [0.15, 0.2) is 0 Å². The molecule has 4 heteroatoms. The fourth-order valence-corrected chi connectivity index (χ4v) is 1.81. The SMILES string of the molecule is O=CN(Cc1cc[c]cc1)c1ccccc1C(=O)O. The number of carboxylic acid groups (broad SMARTS) is 1. The van der Waals surface area contributed by atoms with Gasteiger partial charge in [-0.3, -0.25) is 4.79 Å². The van der Waals surface area contributed by atoms with E-state index in [0.717, 1.165) is 5.56 Å². The van der Waals surface area contributed by atoms with E-state index in [1.807, 2.05) is 12.1 Å². The number of carbonyl (C=O) groups is 2. The van der Waals surface area contributed by atoms with Gasteiger partial charge in [-0.05, 0) is 23.8 Å². The first-order chi connectivity index (χ1) is 9.22. The van der Waals surface area contributed by atoms with Gasteiger partial charge in [0.1, 0.15) is 0 Å². The van der Waals surface area contributed by atoms with Crippen LogP contribution in [0.25, 0.3) is 0 Å². The molecule has 0 spiro atoms. The molecule has 2 aromatic carbocycles. The highest BCUT2D eigenvalue weighted by molar-refractivity contribution is 5.97. The van der Waals surface area contributed by atoms with Crippen LogP contribution >= 0.6 is 0 Å². The fraction of sp³-hybridized carbons (Fsp3) is 0.0667. The van der Waals surface area contributed by atoms with E-state index in [-0.39, 0.29) is 5.56 Å². The van der Waals surface area contributed by atoms with Crippen molar-refractivity contribution in [3.05, 3.63) is 65.7 Å². The first-order valence-corrected chi connectivity index (χ1v) is 5.71. The Morgan fingerprint density at radius 2 is 1.89 bits per heavy atom. The van der Waals surface area contributed by atoms with Crippen molar-refractivity contribution in [2.24, 2.45) is 0 Å². The zero-order valence-electron chi connectivity index (χ0n) is 10.1. The number of aromatic carboxylic acids is 1. The molecule has 0 heterocycles. The van der Waals surface area contributed by atoms with Crippen molar-refractivity contribution >= 4 is 18.1 Å². The van der Waals surface area contributed by atoms with Gasteiger partial charge < -0.3 is 10.0 Å². The Balaban J connectivity index is 2.32. The molecule has 1 N–H and O–H groups in total. The lowest BCUT2D eigenvalue weighted by molar-refractivity contribution is -0.107. The molecule has 95 valence electrons. The lowest BCUT2D eigenvalue weighted by Crippen LogP contribution is -2.22. The van der Waals surface area contributed by atoms with Gasteiger partial charge in [-0.2, -0.15) is 0 Å². The van der Waals surface area contributed by atoms with E-state index in [9.17, 15) is 9.59 Å². The van der Waals surface area contributed by atoms with Crippen molar-refractivity contribution in [2.45, 2.75) is 6.54 Å². The van der Waals surface area contributed by atoms with Crippen molar-refractivity contribution in [3.8, 4) is 0 Å². The summed E-state index contributed by atoms with van der Waals surface area (Å²) in [5.41, 5.74) is 1.40. The van der Waals surface area contributed by atoms with Gasteiger partial charge in [-0.15, -0.1) is 0 Å². The Morgan fingerprint density at radius 3 is 2.53 bits per heavy atom. The van der Waals surface area contributed by atoms with E-state index in [1.54, 1.807) is 30.3 Å². The summed E-state index contributed by atoms with van der Waals surface area (Å²) in [5.74, 6) is -1.05. The van der Waals surface area contributed by atoms with Crippen LogP contribution in [0.3, 0.4) is 0 Å². The van der Waals surface area contributed by atoms with Crippen LogP contribution in [-0.2, 0) is 11.3 Å². The summed E-state index contributed by atoms with van der Waals surface area (Å²) in [6, 6.07) is 16.5. The molecule has 0 aromatic heterocycles. The summed E-state index contributed by atoms with van der Waals surface area (Å²) in [6.45, 7) is 0.322. The summed E-state index contributed by atoms with van der Waals surface area (Å²) >= 11 is 0. The van der Waals surface area contributed by atoms with Crippen LogP contribution in [0.1, 0.15) is 15.9 Å². The van der Waals surface area contributed by atoms with Crippen LogP contribution in [0.4, 0.5) is 5.69 Å². The highest BCUT2D eigenvalue weighted by Gasteiger charge is 2.15. The predicted molar refractivity (Wildman–Crippen MR) is 70.9 cm³/mol. The molecule has 2 rings (SSSR count). The van der Waals surface area contributed by atoms with Crippen LogP contribution in [0.2, 0.25) is 0 Å². The molecule has 0 fully saturated rings. The van der Waals surface area contributed by atoms with Crippen LogP contribution in [0.5, 0.6) is 0 Å². The van der Waals surface area contributed by atoms with Crippen molar-refractivity contribution in [1.82, 2.24) is 0 Å². The van der Waals surface area contributed by atoms with Crippen molar-refractivity contribution in [1.29, 1.82) is 0 Å². The maximum Gasteiger partial charge on any atom is 0.337 e. The third-order valence-corrected chi connectivity index (χ3v) is 2.71. The summed E-state index contributed by atoms with van der Waals surface area (Å²) in [7, 11) is 0. The minimum Gasteiger partial charge on any atom is -0.478 e. The molecule has 2 aromatic rings. The fourth-order valence-electron chi connectivity index (χ4n) is 1.81. The van der Waals surface area contributed by atoms with Gasteiger partial charge in [0.05, 0.1) is 17.8 Å². The molecule has 1 radical (unpaired) electrons. The first kappa shape index (κ1) is 12.8. The van der Waals surface area contributed by atoms with Crippen LogP contribution in [0, 0.1) is 6.07 Å². The average molecular weight is 254 g/mol. The molecular formula is C15H12NO3. The van der Waals surface area contributed by atoms with Crippen molar-refractivity contribution in [3.63, 3.8) is 0 Å². The largest absolute Gasteiger partial charge is 0.478 e. The van der Waals surface area contributed by atoms with Gasteiger partial charge >= 0.3 is 5.97 Å². The van der Waals surface area contributed by atoms with E-state index < -0.39 is 5.97 Å². The molecule has 1 amide bonds. The zero-order valence-corrected chi connectivity index (χ0v) is 10.1. The average Bonchev–Trinajstić information content (AvgIpc) is 2.46. The number of nitrogens with zero attached hydrogens (tertiary/aromatic N) is 1. The Morgan fingerprint density at radius 1 is 1.21 bits per heavy atom. The number of amides is 1. The third-order valence-electron chi connectivity index (χ3n) is 2.71. The molecule has 4 nitrogen and oxygen atoms in total. The van der Waals surface area contributed by atoms with Gasteiger partial charge in [0.25, 0.3) is 0 Å². The van der Waals surface area contributed by atoms with Gasteiger partial charge in [-0.1, -0.05) is 36.4 Å². The quantitative estimate of drug-likeness (QED) is 0.833. The normalized spacial score (nSPS) is 9.89. The number of benzene rings is 2. The Hall–Kier alpha value is -2.62. The number of rotatable bonds is 5. The number of para-hydroxylation sites is 1. The lowest BCUT2D eigenvalue weighted by Gasteiger charge is -2.19. The molecule has 0 bridgehead atoms. The summed E-state index contributed by atoms with van der Waals surface area (Å²) in [6.07, 6.45) is 0.637. The minimum atomic E-state index is -1.05. The highest BCUT2D eigenvalue weighted by Crippen LogP contribution is 2.21.